The van der Waals surface area contributed by atoms with Crippen molar-refractivity contribution in [1.82, 2.24) is 0 Å². The van der Waals surface area contributed by atoms with E-state index in [2.05, 4.69) is 26.0 Å². The Hall–Kier alpha value is -0.750. The summed E-state index contributed by atoms with van der Waals surface area (Å²) in [6, 6.07) is 7.88. The second-order valence-electron chi connectivity index (χ2n) is 3.58. The third-order valence-corrected chi connectivity index (χ3v) is 2.04. The summed E-state index contributed by atoms with van der Waals surface area (Å²) in [7, 11) is 0. The zero-order chi connectivity index (χ0) is 9.68. The third-order valence-electron chi connectivity index (χ3n) is 1.79. The summed E-state index contributed by atoms with van der Waals surface area (Å²) in [4.78, 5) is 0. The summed E-state index contributed by atoms with van der Waals surface area (Å²) in [5.74, 6) is 0.726. The number of hydrogen-bond donors (Lipinski definition) is 0. The van der Waals surface area contributed by atoms with Gasteiger partial charge in [-0.1, -0.05) is 49.7 Å². The first-order valence-corrected chi connectivity index (χ1v) is 4.98. The Morgan fingerprint density at radius 2 is 1.85 bits per heavy atom. The smallest absolute Gasteiger partial charge is 0.0406 e. The molecular formula is C12H15Cl. The van der Waals surface area contributed by atoms with Crippen molar-refractivity contribution in [3.8, 4) is 0 Å². The van der Waals surface area contributed by atoms with E-state index in [1.165, 1.54) is 5.56 Å². The Labute approximate surface area is 85.2 Å². The molecule has 0 N–H and O–H groups in total. The molecule has 0 heterocycles. The largest absolute Gasteiger partial charge is 0.0843 e. The molecule has 1 aromatic rings. The minimum absolute atomic E-state index is 0.726. The van der Waals surface area contributed by atoms with E-state index in [0.29, 0.717) is 0 Å². The van der Waals surface area contributed by atoms with E-state index in [1.807, 2.05) is 24.3 Å². The van der Waals surface area contributed by atoms with E-state index in [0.717, 1.165) is 17.4 Å². The monoisotopic (exact) mass is 194 g/mol. The number of allylic oxidation sites excluding steroid dienone is 1. The maximum atomic E-state index is 5.77. The molecule has 0 saturated heterocycles. The highest BCUT2D eigenvalue weighted by Crippen LogP contribution is 2.11. The van der Waals surface area contributed by atoms with Crippen molar-refractivity contribution >= 4 is 17.7 Å². The lowest BCUT2D eigenvalue weighted by Crippen LogP contribution is -1.81. The Morgan fingerprint density at radius 1 is 1.23 bits per heavy atom. The van der Waals surface area contributed by atoms with E-state index >= 15 is 0 Å². The van der Waals surface area contributed by atoms with Crippen molar-refractivity contribution in [3.63, 3.8) is 0 Å². The maximum absolute atomic E-state index is 5.77. The van der Waals surface area contributed by atoms with Crippen molar-refractivity contribution in [2.45, 2.75) is 20.3 Å². The molecule has 0 atom stereocenters. The van der Waals surface area contributed by atoms with Crippen LogP contribution in [0.15, 0.2) is 30.3 Å². The van der Waals surface area contributed by atoms with Crippen molar-refractivity contribution in [3.05, 3.63) is 40.9 Å². The quantitative estimate of drug-likeness (QED) is 0.669. The fraction of sp³-hybridized carbons (Fsp3) is 0.333. The zero-order valence-electron chi connectivity index (χ0n) is 8.13. The average molecular weight is 195 g/mol. The van der Waals surface area contributed by atoms with Gasteiger partial charge in [0.25, 0.3) is 0 Å². The summed E-state index contributed by atoms with van der Waals surface area (Å²) in [5, 5.41) is 0.793. The molecule has 0 aliphatic carbocycles. The summed E-state index contributed by atoms with van der Waals surface area (Å²) < 4.78 is 0. The summed E-state index contributed by atoms with van der Waals surface area (Å²) in [5.41, 5.74) is 1.21. The van der Waals surface area contributed by atoms with Gasteiger partial charge in [0.1, 0.15) is 0 Å². The Bertz CT molecular complexity index is 270. The standard InChI is InChI=1S/C12H15Cl/c1-10(2)4-3-5-11-6-8-12(13)9-7-11/h3,5-10H,4H2,1-2H3/b5-3-. The topological polar surface area (TPSA) is 0 Å². The molecule has 0 unspecified atom stereocenters. The predicted molar refractivity (Wildman–Crippen MR) is 59.9 cm³/mol. The lowest BCUT2D eigenvalue weighted by molar-refractivity contribution is 0.665. The molecule has 0 aliphatic heterocycles. The highest BCUT2D eigenvalue weighted by molar-refractivity contribution is 6.30. The summed E-state index contributed by atoms with van der Waals surface area (Å²) in [6.07, 6.45) is 5.47. The third kappa shape index (κ3) is 4.14. The Morgan fingerprint density at radius 3 is 2.38 bits per heavy atom. The van der Waals surface area contributed by atoms with Crippen LogP contribution in [-0.4, -0.2) is 0 Å². The molecule has 0 saturated carbocycles. The van der Waals surface area contributed by atoms with Crippen LogP contribution in [0.1, 0.15) is 25.8 Å². The van der Waals surface area contributed by atoms with Gasteiger partial charge in [-0.3, -0.25) is 0 Å². The van der Waals surface area contributed by atoms with E-state index in [9.17, 15) is 0 Å². The zero-order valence-corrected chi connectivity index (χ0v) is 8.88. The molecule has 1 heteroatoms. The van der Waals surface area contributed by atoms with Gasteiger partial charge in [-0.15, -0.1) is 0 Å². The van der Waals surface area contributed by atoms with Crippen LogP contribution in [0, 0.1) is 5.92 Å². The SMILES string of the molecule is CC(C)C/C=C\c1ccc(Cl)cc1. The fourth-order valence-electron chi connectivity index (χ4n) is 1.05. The molecular weight excluding hydrogens is 180 g/mol. The average Bonchev–Trinajstić information content (AvgIpc) is 2.08. The van der Waals surface area contributed by atoms with Crippen LogP contribution in [0.3, 0.4) is 0 Å². The van der Waals surface area contributed by atoms with E-state index in [4.69, 9.17) is 11.6 Å². The van der Waals surface area contributed by atoms with Crippen LogP contribution in [0.2, 0.25) is 5.02 Å². The first kappa shape index (κ1) is 10.3. The summed E-state index contributed by atoms with van der Waals surface area (Å²) in [6.45, 7) is 4.43. The van der Waals surface area contributed by atoms with Gasteiger partial charge in [0.05, 0.1) is 0 Å². The normalized spacial score (nSPS) is 11.4. The van der Waals surface area contributed by atoms with Crippen molar-refractivity contribution < 1.29 is 0 Å². The molecule has 0 amide bonds. The highest BCUT2D eigenvalue weighted by Gasteiger charge is 1.89. The Balaban J connectivity index is 2.54. The molecule has 0 fully saturated rings. The molecule has 0 bridgehead atoms. The minimum Gasteiger partial charge on any atom is -0.0843 e. The van der Waals surface area contributed by atoms with Gasteiger partial charge in [-0.05, 0) is 30.0 Å². The van der Waals surface area contributed by atoms with E-state index in [-0.39, 0.29) is 0 Å². The number of hydrogen-bond acceptors (Lipinski definition) is 0. The summed E-state index contributed by atoms with van der Waals surface area (Å²) >= 11 is 5.77. The van der Waals surface area contributed by atoms with E-state index < -0.39 is 0 Å². The van der Waals surface area contributed by atoms with Gasteiger partial charge in [-0.2, -0.15) is 0 Å². The Kier molecular flexibility index (Phi) is 4.04. The molecule has 13 heavy (non-hydrogen) atoms. The van der Waals surface area contributed by atoms with Gasteiger partial charge < -0.3 is 0 Å². The number of benzene rings is 1. The first-order chi connectivity index (χ1) is 6.18. The molecule has 70 valence electrons. The maximum Gasteiger partial charge on any atom is 0.0406 e. The number of halogens is 1. The predicted octanol–water partition coefficient (Wildman–Crippen LogP) is 4.40. The second kappa shape index (κ2) is 5.08. The van der Waals surface area contributed by atoms with Crippen LogP contribution in [0.5, 0.6) is 0 Å². The van der Waals surface area contributed by atoms with Gasteiger partial charge in [-0.25, -0.2) is 0 Å². The molecule has 0 nitrogen and oxygen atoms in total. The lowest BCUT2D eigenvalue weighted by atomic mass is 10.1. The van der Waals surface area contributed by atoms with Gasteiger partial charge in [0, 0.05) is 5.02 Å². The number of rotatable bonds is 3. The van der Waals surface area contributed by atoms with Gasteiger partial charge >= 0.3 is 0 Å². The minimum atomic E-state index is 0.726. The van der Waals surface area contributed by atoms with Crippen molar-refractivity contribution in [2.75, 3.05) is 0 Å². The van der Waals surface area contributed by atoms with Crippen LogP contribution in [0.25, 0.3) is 6.08 Å². The van der Waals surface area contributed by atoms with Crippen LogP contribution < -0.4 is 0 Å². The first-order valence-electron chi connectivity index (χ1n) is 4.60. The molecule has 0 aliphatic rings. The van der Waals surface area contributed by atoms with Gasteiger partial charge in [0.2, 0.25) is 0 Å². The second-order valence-corrected chi connectivity index (χ2v) is 4.02. The molecule has 1 aromatic carbocycles. The fourth-order valence-corrected chi connectivity index (χ4v) is 1.18. The molecule has 1 rings (SSSR count). The van der Waals surface area contributed by atoms with E-state index in [1.54, 1.807) is 0 Å². The highest BCUT2D eigenvalue weighted by atomic mass is 35.5. The van der Waals surface area contributed by atoms with Crippen molar-refractivity contribution in [1.29, 1.82) is 0 Å². The molecule has 0 aromatic heterocycles. The van der Waals surface area contributed by atoms with Gasteiger partial charge in [0.15, 0.2) is 0 Å². The molecule has 0 radical (unpaired) electrons. The van der Waals surface area contributed by atoms with Crippen molar-refractivity contribution in [2.24, 2.45) is 5.92 Å². The lowest BCUT2D eigenvalue weighted by Gasteiger charge is -1.97. The molecule has 0 spiro atoms. The van der Waals surface area contributed by atoms with Crippen LogP contribution in [0.4, 0.5) is 0 Å². The van der Waals surface area contributed by atoms with Crippen LogP contribution in [-0.2, 0) is 0 Å². The van der Waals surface area contributed by atoms with Crippen LogP contribution >= 0.6 is 11.6 Å².